The molecule has 1 spiro atoms. The first-order valence-corrected chi connectivity index (χ1v) is 21.7. The number of aromatic nitrogens is 2. The molecule has 1 fully saturated rings. The van der Waals surface area contributed by atoms with Gasteiger partial charge in [-0.25, -0.2) is 4.68 Å². The molecule has 0 aliphatic carbocycles. The van der Waals surface area contributed by atoms with E-state index in [0.29, 0.717) is 40.8 Å². The standard InChI is InChI=1S/C43H46N4O6Si/c1-6-21-45-37-20-15-30(47-41(50)34-13-9-10-14-36(34)44-47)23-35(37)43(42(45)51)27(2)40(54(4,5)33-18-16-32(52-3)17-19-33)38(53-43)24-39(49)46-25-29-12-8-7-11-28(29)22-31(46)26-48/h6-20,23,27,31,38,40,44,48H,1,21-22,24-26H2,2-5H3/t27-,31+,38+,40-,43+/m1/s1. The van der Waals surface area contributed by atoms with Gasteiger partial charge < -0.3 is 24.4 Å². The number of rotatable bonds is 9. The van der Waals surface area contributed by atoms with Crippen LogP contribution in [-0.4, -0.2) is 72.1 Å². The third-order valence-corrected chi connectivity index (χ3v) is 16.6. The van der Waals surface area contributed by atoms with Crippen LogP contribution in [0.1, 0.15) is 30.0 Å². The van der Waals surface area contributed by atoms with Crippen LogP contribution >= 0.6 is 0 Å². The van der Waals surface area contributed by atoms with Crippen LogP contribution < -0.4 is 20.4 Å². The maximum atomic E-state index is 15.1. The van der Waals surface area contributed by atoms with Crippen LogP contribution in [0.3, 0.4) is 0 Å². The number of carbonyl (C=O) groups excluding carboxylic acids is 2. The molecule has 3 aliphatic heterocycles. The molecule has 10 nitrogen and oxygen atoms in total. The quantitative estimate of drug-likeness (QED) is 0.154. The van der Waals surface area contributed by atoms with Gasteiger partial charge in [0.05, 0.1) is 62.6 Å². The summed E-state index contributed by atoms with van der Waals surface area (Å²) in [6.07, 6.45) is 1.70. The van der Waals surface area contributed by atoms with E-state index in [0.717, 1.165) is 22.1 Å². The first-order chi connectivity index (χ1) is 26.0. The van der Waals surface area contributed by atoms with Crippen molar-refractivity contribution in [1.29, 1.82) is 0 Å². The van der Waals surface area contributed by atoms with E-state index < -0.39 is 19.8 Å². The highest BCUT2D eigenvalue weighted by atomic mass is 28.3. The molecule has 11 heteroatoms. The maximum absolute atomic E-state index is 15.1. The molecule has 0 saturated carbocycles. The average molecular weight is 743 g/mol. The number of aliphatic hydroxyl groups excluding tert-OH is 1. The number of fused-ring (bicyclic) bond motifs is 4. The number of benzene rings is 4. The Hall–Kier alpha value is -5.23. The number of nitrogens with zero attached hydrogens (tertiary/aromatic N) is 3. The lowest BCUT2D eigenvalue weighted by Crippen LogP contribution is -2.52. The number of amides is 2. The van der Waals surface area contributed by atoms with Crippen LogP contribution in [0.25, 0.3) is 16.6 Å². The number of H-pyrrole nitrogens is 1. The van der Waals surface area contributed by atoms with Gasteiger partial charge in [0.15, 0.2) is 5.60 Å². The van der Waals surface area contributed by atoms with Crippen LogP contribution in [-0.2, 0) is 32.9 Å². The van der Waals surface area contributed by atoms with Crippen molar-refractivity contribution in [3.05, 3.63) is 131 Å². The van der Waals surface area contributed by atoms with E-state index in [-0.39, 0.29) is 54.4 Å². The van der Waals surface area contributed by atoms with E-state index in [2.05, 4.69) is 49.9 Å². The molecule has 2 N–H and O–H groups in total. The fourth-order valence-electron chi connectivity index (χ4n) is 9.52. The summed E-state index contributed by atoms with van der Waals surface area (Å²) in [6, 6.07) is 28.8. The number of methoxy groups -OCH3 is 1. The van der Waals surface area contributed by atoms with Gasteiger partial charge in [-0.05, 0) is 65.6 Å². The number of anilines is 1. The summed E-state index contributed by atoms with van der Waals surface area (Å²) in [4.78, 5) is 46.7. The number of carbonyl (C=O) groups is 2. The Balaban J connectivity index is 1.25. The predicted molar refractivity (Wildman–Crippen MR) is 212 cm³/mol. The van der Waals surface area contributed by atoms with E-state index >= 15 is 4.79 Å². The van der Waals surface area contributed by atoms with Gasteiger partial charge in [0.2, 0.25) is 5.91 Å². The highest BCUT2D eigenvalue weighted by Crippen LogP contribution is 2.60. The molecule has 5 aromatic rings. The van der Waals surface area contributed by atoms with Gasteiger partial charge in [-0.2, -0.15) is 0 Å². The van der Waals surface area contributed by atoms with Gasteiger partial charge in [0.25, 0.3) is 11.5 Å². The van der Waals surface area contributed by atoms with Crippen LogP contribution in [0.4, 0.5) is 5.69 Å². The summed E-state index contributed by atoms with van der Waals surface area (Å²) in [7, 11) is -0.910. The number of aliphatic hydroxyl groups is 1. The first kappa shape index (κ1) is 35.8. The molecule has 8 rings (SSSR count). The lowest BCUT2D eigenvalue weighted by atomic mass is 9.82. The molecular formula is C43H46N4O6Si. The summed E-state index contributed by atoms with van der Waals surface area (Å²) in [5, 5.41) is 15.4. The summed E-state index contributed by atoms with van der Waals surface area (Å²) in [5.41, 5.74) is 3.06. The van der Waals surface area contributed by atoms with Crippen molar-refractivity contribution in [1.82, 2.24) is 14.7 Å². The second-order valence-electron chi connectivity index (χ2n) is 15.4. The Bertz CT molecular complexity index is 2330. The molecule has 5 atom stereocenters. The number of para-hydroxylation sites is 1. The van der Waals surface area contributed by atoms with Gasteiger partial charge in [0, 0.05) is 24.6 Å². The van der Waals surface area contributed by atoms with Crippen molar-refractivity contribution in [2.75, 3.05) is 25.2 Å². The molecule has 54 heavy (non-hydrogen) atoms. The Morgan fingerprint density at radius 1 is 1.04 bits per heavy atom. The van der Waals surface area contributed by atoms with E-state index in [1.165, 1.54) is 4.68 Å². The van der Waals surface area contributed by atoms with Crippen molar-refractivity contribution in [3.8, 4) is 11.4 Å². The summed E-state index contributed by atoms with van der Waals surface area (Å²) >= 11 is 0. The third-order valence-electron chi connectivity index (χ3n) is 12.2. The molecule has 4 heterocycles. The van der Waals surface area contributed by atoms with Crippen LogP contribution in [0.2, 0.25) is 18.6 Å². The number of nitrogens with one attached hydrogen (secondary N) is 1. The minimum absolute atomic E-state index is 0.0489. The van der Waals surface area contributed by atoms with E-state index in [9.17, 15) is 14.7 Å². The SMILES string of the molecule is C=CCN1C(=O)[C@@]2(O[C@@H](CC(=O)N3Cc4ccccc4C[C@H]3CO)[C@H]([Si](C)(C)c3ccc(OC)cc3)[C@H]2C)c2cc(-n3[nH]c4ccccc4c3=O)ccc21. The lowest BCUT2D eigenvalue weighted by molar-refractivity contribution is -0.150. The Kier molecular flexibility index (Phi) is 8.99. The Morgan fingerprint density at radius 2 is 1.76 bits per heavy atom. The molecule has 1 saturated heterocycles. The van der Waals surface area contributed by atoms with Gasteiger partial charge >= 0.3 is 0 Å². The van der Waals surface area contributed by atoms with Crippen molar-refractivity contribution in [2.45, 2.75) is 62.7 Å². The van der Waals surface area contributed by atoms with E-state index in [4.69, 9.17) is 9.47 Å². The van der Waals surface area contributed by atoms with Gasteiger partial charge in [-0.3, -0.25) is 19.5 Å². The molecule has 2 amide bonds. The molecule has 278 valence electrons. The second kappa shape index (κ2) is 13.6. The molecule has 3 aliphatic rings. The lowest BCUT2D eigenvalue weighted by Gasteiger charge is -2.39. The summed E-state index contributed by atoms with van der Waals surface area (Å²) in [6.45, 7) is 11.1. The smallest absolute Gasteiger partial charge is 0.279 e. The molecule has 0 bridgehead atoms. The zero-order valence-electron chi connectivity index (χ0n) is 31.1. The Labute approximate surface area is 315 Å². The average Bonchev–Trinajstić information content (AvgIpc) is 3.77. The van der Waals surface area contributed by atoms with Gasteiger partial charge in [-0.15, -0.1) is 6.58 Å². The van der Waals surface area contributed by atoms with Crippen LogP contribution in [0.15, 0.2) is 108 Å². The zero-order chi connectivity index (χ0) is 37.9. The predicted octanol–water partition coefficient (Wildman–Crippen LogP) is 5.41. The van der Waals surface area contributed by atoms with Crippen LogP contribution in [0, 0.1) is 5.92 Å². The van der Waals surface area contributed by atoms with E-state index in [1.54, 1.807) is 29.1 Å². The highest BCUT2D eigenvalue weighted by Gasteiger charge is 2.66. The Morgan fingerprint density at radius 3 is 2.46 bits per heavy atom. The monoisotopic (exact) mass is 742 g/mol. The van der Waals surface area contributed by atoms with Gasteiger partial charge in [-0.1, -0.05) is 79.8 Å². The molecule has 0 unspecified atom stereocenters. The number of hydrogen-bond acceptors (Lipinski definition) is 6. The fourth-order valence-corrected chi connectivity index (χ4v) is 13.5. The largest absolute Gasteiger partial charge is 0.497 e. The van der Waals surface area contributed by atoms with Crippen molar-refractivity contribution >= 4 is 41.7 Å². The van der Waals surface area contributed by atoms with Gasteiger partial charge in [0.1, 0.15) is 5.75 Å². The fraction of sp³-hybridized carbons (Fsp3) is 0.326. The molecule has 1 aromatic heterocycles. The normalized spacial score (nSPS) is 23.5. The maximum Gasteiger partial charge on any atom is 0.279 e. The zero-order valence-corrected chi connectivity index (χ0v) is 32.1. The second-order valence-corrected chi connectivity index (χ2v) is 20.1. The molecule has 4 aromatic carbocycles. The minimum atomic E-state index is -2.55. The number of aromatic amines is 1. The highest BCUT2D eigenvalue weighted by molar-refractivity contribution is 6.91. The molecular weight excluding hydrogens is 697 g/mol. The van der Waals surface area contributed by atoms with Crippen molar-refractivity contribution in [2.24, 2.45) is 5.92 Å². The third kappa shape index (κ3) is 5.47. The van der Waals surface area contributed by atoms with E-state index in [1.807, 2.05) is 66.7 Å². The number of hydrogen-bond donors (Lipinski definition) is 2. The van der Waals surface area contributed by atoms with Crippen molar-refractivity contribution in [3.63, 3.8) is 0 Å². The number of ether oxygens (including phenoxy) is 2. The topological polar surface area (TPSA) is 117 Å². The molecule has 0 radical (unpaired) electrons. The first-order valence-electron chi connectivity index (χ1n) is 18.6. The minimum Gasteiger partial charge on any atom is -0.497 e. The summed E-state index contributed by atoms with van der Waals surface area (Å²) in [5.74, 6) is 0.0770. The summed E-state index contributed by atoms with van der Waals surface area (Å²) < 4.78 is 14.3. The van der Waals surface area contributed by atoms with Crippen LogP contribution in [0.5, 0.6) is 5.75 Å². The van der Waals surface area contributed by atoms with Crippen molar-refractivity contribution < 1.29 is 24.2 Å².